The zero-order valence-electron chi connectivity index (χ0n) is 11.2. The number of nitrogens with zero attached hydrogens (tertiary/aromatic N) is 4. The zero-order chi connectivity index (χ0) is 13.8. The van der Waals surface area contributed by atoms with Gasteiger partial charge in [-0.15, -0.1) is 0 Å². The number of anilines is 2. The fourth-order valence-corrected chi connectivity index (χ4v) is 2.72. The molecule has 3 rings (SSSR count). The Labute approximate surface area is 127 Å². The summed E-state index contributed by atoms with van der Waals surface area (Å²) in [5.74, 6) is 2.13. The van der Waals surface area contributed by atoms with Crippen LogP contribution in [0.3, 0.4) is 0 Å². The van der Waals surface area contributed by atoms with Crippen LogP contribution in [-0.4, -0.2) is 36.1 Å². The van der Waals surface area contributed by atoms with Crippen LogP contribution in [0.2, 0.25) is 0 Å². The summed E-state index contributed by atoms with van der Waals surface area (Å²) in [5.41, 5.74) is 1.21. The average molecular weight is 333 g/mol. The van der Waals surface area contributed by atoms with Gasteiger partial charge in [-0.2, -0.15) is 0 Å². The summed E-state index contributed by atoms with van der Waals surface area (Å²) in [6.07, 6.45) is 3.79. The Kier molecular flexibility index (Phi) is 4.16. The lowest BCUT2D eigenvalue weighted by Crippen LogP contribution is -2.47. The summed E-state index contributed by atoms with van der Waals surface area (Å²) >= 11 is 3.44. The molecule has 3 heterocycles. The van der Waals surface area contributed by atoms with Crippen molar-refractivity contribution in [1.82, 2.24) is 9.97 Å². The van der Waals surface area contributed by atoms with Crippen LogP contribution < -0.4 is 9.80 Å². The lowest BCUT2D eigenvalue weighted by Gasteiger charge is -2.36. The predicted octanol–water partition coefficient (Wildman–Crippen LogP) is 2.70. The number of halogens is 1. The molecule has 0 amide bonds. The highest BCUT2D eigenvalue weighted by Crippen LogP contribution is 2.17. The molecule has 0 radical (unpaired) electrons. The molecule has 2 aromatic heterocycles. The molecular weight excluding hydrogens is 316 g/mol. The Morgan fingerprint density at radius 3 is 2.10 bits per heavy atom. The summed E-state index contributed by atoms with van der Waals surface area (Å²) in [6.45, 7) is 3.94. The molecule has 5 heteroatoms. The van der Waals surface area contributed by atoms with Gasteiger partial charge in [-0.05, 0) is 23.8 Å². The van der Waals surface area contributed by atoms with Crippen molar-refractivity contribution >= 4 is 27.6 Å². The molecule has 20 heavy (non-hydrogen) atoms. The van der Waals surface area contributed by atoms with Crippen molar-refractivity contribution in [2.24, 2.45) is 0 Å². The third-order valence-corrected chi connectivity index (χ3v) is 4.19. The molecule has 1 fully saturated rings. The monoisotopic (exact) mass is 332 g/mol. The third-order valence-electron chi connectivity index (χ3n) is 3.54. The van der Waals surface area contributed by atoms with Gasteiger partial charge in [0.05, 0.1) is 0 Å². The minimum atomic E-state index is 0.855. The molecule has 0 bridgehead atoms. The van der Waals surface area contributed by atoms with Crippen molar-refractivity contribution in [2.75, 3.05) is 36.0 Å². The Balaban J connectivity index is 1.63. The highest BCUT2D eigenvalue weighted by atomic mass is 79.9. The summed E-state index contributed by atoms with van der Waals surface area (Å²) in [6, 6.07) is 10.3. The van der Waals surface area contributed by atoms with Crippen LogP contribution >= 0.6 is 15.9 Å². The Morgan fingerprint density at radius 1 is 0.900 bits per heavy atom. The van der Waals surface area contributed by atoms with Gasteiger partial charge in [0.15, 0.2) is 0 Å². The van der Waals surface area contributed by atoms with E-state index in [1.54, 1.807) is 0 Å². The van der Waals surface area contributed by atoms with Gasteiger partial charge in [0, 0.05) is 43.9 Å². The molecule has 0 atom stereocenters. The molecule has 4 nitrogen and oxygen atoms in total. The molecule has 0 N–H and O–H groups in total. The van der Waals surface area contributed by atoms with E-state index < -0.39 is 0 Å². The molecule has 0 saturated carbocycles. The second kappa shape index (κ2) is 6.22. The molecule has 0 aromatic carbocycles. The third kappa shape index (κ3) is 2.93. The lowest BCUT2D eigenvalue weighted by molar-refractivity contribution is 0.641. The van der Waals surface area contributed by atoms with Crippen LogP contribution in [0.5, 0.6) is 0 Å². The molecule has 0 spiro atoms. The van der Waals surface area contributed by atoms with Crippen molar-refractivity contribution in [1.29, 1.82) is 0 Å². The van der Waals surface area contributed by atoms with Crippen molar-refractivity contribution in [2.45, 2.75) is 5.33 Å². The van der Waals surface area contributed by atoms with Gasteiger partial charge < -0.3 is 9.80 Å². The molecule has 0 aliphatic carbocycles. The van der Waals surface area contributed by atoms with Gasteiger partial charge in [0.1, 0.15) is 11.6 Å². The van der Waals surface area contributed by atoms with Gasteiger partial charge in [0.2, 0.25) is 0 Å². The second-order valence-corrected chi connectivity index (χ2v) is 5.38. The number of rotatable bonds is 3. The number of hydrogen-bond acceptors (Lipinski definition) is 4. The molecule has 2 aromatic rings. The molecule has 104 valence electrons. The first-order valence-corrected chi connectivity index (χ1v) is 7.91. The van der Waals surface area contributed by atoms with Gasteiger partial charge in [-0.1, -0.05) is 28.1 Å². The van der Waals surface area contributed by atoms with E-state index in [0.717, 1.165) is 43.1 Å². The first-order valence-electron chi connectivity index (χ1n) is 6.78. The van der Waals surface area contributed by atoms with Crippen LogP contribution in [-0.2, 0) is 5.33 Å². The Hall–Kier alpha value is -1.62. The normalized spacial score (nSPS) is 15.4. The maximum atomic E-state index is 4.53. The van der Waals surface area contributed by atoms with Gasteiger partial charge >= 0.3 is 0 Å². The quantitative estimate of drug-likeness (QED) is 0.809. The van der Waals surface area contributed by atoms with Crippen LogP contribution in [0.25, 0.3) is 0 Å². The molecule has 1 saturated heterocycles. The van der Waals surface area contributed by atoms with Crippen LogP contribution in [0.1, 0.15) is 5.56 Å². The van der Waals surface area contributed by atoms with Crippen LogP contribution in [0, 0.1) is 0 Å². The number of aromatic nitrogens is 2. The van der Waals surface area contributed by atoms with Crippen molar-refractivity contribution < 1.29 is 0 Å². The standard InChI is InChI=1S/C15H17BrN4/c16-11-13-4-5-15(18-12-13)20-9-7-19(8-10-20)14-3-1-2-6-17-14/h1-6,12H,7-11H2. The molecule has 1 aliphatic rings. The van der Waals surface area contributed by atoms with Crippen LogP contribution in [0.15, 0.2) is 42.7 Å². The smallest absolute Gasteiger partial charge is 0.128 e. The van der Waals surface area contributed by atoms with E-state index in [2.05, 4.69) is 53.9 Å². The van der Waals surface area contributed by atoms with E-state index in [-0.39, 0.29) is 0 Å². The van der Waals surface area contributed by atoms with Gasteiger partial charge in [0.25, 0.3) is 0 Å². The summed E-state index contributed by atoms with van der Waals surface area (Å²) in [5, 5.41) is 0.855. The van der Waals surface area contributed by atoms with E-state index in [9.17, 15) is 0 Å². The average Bonchev–Trinajstić information content (AvgIpc) is 2.56. The number of pyridine rings is 2. The van der Waals surface area contributed by atoms with Gasteiger partial charge in [-0.3, -0.25) is 0 Å². The SMILES string of the molecule is BrCc1ccc(N2CCN(c3ccccn3)CC2)nc1. The Bertz CT molecular complexity index is 536. The van der Waals surface area contributed by atoms with Crippen LogP contribution in [0.4, 0.5) is 11.6 Å². The first kappa shape index (κ1) is 13.4. The van der Waals surface area contributed by atoms with E-state index in [1.165, 1.54) is 5.56 Å². The highest BCUT2D eigenvalue weighted by Gasteiger charge is 2.18. The summed E-state index contributed by atoms with van der Waals surface area (Å²) < 4.78 is 0. The largest absolute Gasteiger partial charge is 0.353 e. The topological polar surface area (TPSA) is 32.3 Å². The summed E-state index contributed by atoms with van der Waals surface area (Å²) in [4.78, 5) is 13.6. The minimum absolute atomic E-state index is 0.855. The van der Waals surface area contributed by atoms with Crippen molar-refractivity contribution in [3.63, 3.8) is 0 Å². The maximum Gasteiger partial charge on any atom is 0.128 e. The maximum absolute atomic E-state index is 4.53. The highest BCUT2D eigenvalue weighted by molar-refractivity contribution is 9.08. The predicted molar refractivity (Wildman–Crippen MR) is 85.5 cm³/mol. The number of piperazine rings is 1. The van der Waals surface area contributed by atoms with E-state index in [4.69, 9.17) is 0 Å². The minimum Gasteiger partial charge on any atom is -0.353 e. The van der Waals surface area contributed by atoms with Crippen molar-refractivity contribution in [3.8, 4) is 0 Å². The Morgan fingerprint density at radius 2 is 1.60 bits per heavy atom. The van der Waals surface area contributed by atoms with E-state index in [1.807, 2.05) is 24.5 Å². The number of alkyl halides is 1. The number of hydrogen-bond donors (Lipinski definition) is 0. The summed E-state index contributed by atoms with van der Waals surface area (Å²) in [7, 11) is 0. The van der Waals surface area contributed by atoms with Crippen molar-refractivity contribution in [3.05, 3.63) is 48.3 Å². The molecule has 0 unspecified atom stereocenters. The first-order chi connectivity index (χ1) is 9.86. The lowest BCUT2D eigenvalue weighted by atomic mass is 10.2. The molecule has 1 aliphatic heterocycles. The fraction of sp³-hybridized carbons (Fsp3) is 0.333. The fourth-order valence-electron chi connectivity index (χ4n) is 2.39. The van der Waals surface area contributed by atoms with Gasteiger partial charge in [-0.25, -0.2) is 9.97 Å². The van der Waals surface area contributed by atoms with E-state index in [0.29, 0.717) is 0 Å². The second-order valence-electron chi connectivity index (χ2n) is 4.82. The molecular formula is C15H17BrN4. The zero-order valence-corrected chi connectivity index (χ0v) is 12.8. The van der Waals surface area contributed by atoms with E-state index >= 15 is 0 Å².